The SMILES string of the molecule is CCNC(=O)CNC(=O)c1ccc(C2=CC(c3cc(C(F)(F)F)cc(C(F)(F)F)c3)(C(F)(F)F)ON2)c2ccccc12. The van der Waals surface area contributed by atoms with Crippen molar-refractivity contribution in [2.75, 3.05) is 13.1 Å². The van der Waals surface area contributed by atoms with Crippen molar-refractivity contribution in [3.8, 4) is 0 Å². The number of hydrogen-bond acceptors (Lipinski definition) is 4. The molecular formula is C27H20F9N3O3. The first-order valence-corrected chi connectivity index (χ1v) is 12.1. The average molecular weight is 605 g/mol. The van der Waals surface area contributed by atoms with Gasteiger partial charge in [-0.25, -0.2) is 0 Å². The third-order valence-electron chi connectivity index (χ3n) is 6.35. The van der Waals surface area contributed by atoms with Gasteiger partial charge in [0.15, 0.2) is 0 Å². The van der Waals surface area contributed by atoms with Crippen LogP contribution in [0.15, 0.2) is 60.7 Å². The van der Waals surface area contributed by atoms with Crippen LogP contribution in [0.3, 0.4) is 0 Å². The molecule has 0 radical (unpaired) electrons. The number of amides is 2. The second-order valence-electron chi connectivity index (χ2n) is 9.13. The summed E-state index contributed by atoms with van der Waals surface area (Å²) in [6.45, 7) is 1.65. The monoisotopic (exact) mass is 605 g/mol. The molecule has 1 unspecified atom stereocenters. The molecule has 15 heteroatoms. The fourth-order valence-electron chi connectivity index (χ4n) is 4.39. The van der Waals surface area contributed by atoms with E-state index in [0.29, 0.717) is 12.6 Å². The van der Waals surface area contributed by atoms with Crippen LogP contribution in [0.5, 0.6) is 0 Å². The van der Waals surface area contributed by atoms with E-state index in [4.69, 9.17) is 4.84 Å². The van der Waals surface area contributed by atoms with Gasteiger partial charge in [0.2, 0.25) is 11.5 Å². The number of carbonyl (C=O) groups is 2. The van der Waals surface area contributed by atoms with Crippen LogP contribution >= 0.6 is 0 Å². The topological polar surface area (TPSA) is 79.5 Å². The Morgan fingerprint density at radius 1 is 0.833 bits per heavy atom. The summed E-state index contributed by atoms with van der Waals surface area (Å²) in [5, 5.41) is 5.34. The van der Waals surface area contributed by atoms with Gasteiger partial charge in [-0.15, -0.1) is 0 Å². The van der Waals surface area contributed by atoms with E-state index in [1.807, 2.05) is 5.48 Å². The Kier molecular flexibility index (Phi) is 7.93. The smallest absolute Gasteiger partial charge is 0.355 e. The molecule has 0 aromatic heterocycles. The van der Waals surface area contributed by atoms with Crippen LogP contribution in [0.1, 0.15) is 39.5 Å². The lowest BCUT2D eigenvalue weighted by Crippen LogP contribution is -2.43. The van der Waals surface area contributed by atoms with Gasteiger partial charge in [-0.2, -0.15) is 39.5 Å². The van der Waals surface area contributed by atoms with Crippen LogP contribution in [0.4, 0.5) is 39.5 Å². The highest BCUT2D eigenvalue weighted by Crippen LogP contribution is 2.50. The molecule has 3 aromatic rings. The van der Waals surface area contributed by atoms with Gasteiger partial charge in [0.05, 0.1) is 23.4 Å². The van der Waals surface area contributed by atoms with Gasteiger partial charge in [0, 0.05) is 23.2 Å². The van der Waals surface area contributed by atoms with Crippen LogP contribution in [0.25, 0.3) is 16.5 Å². The summed E-state index contributed by atoms with van der Waals surface area (Å²) in [6.07, 6.45) is -16.0. The lowest BCUT2D eigenvalue weighted by molar-refractivity contribution is -0.269. The molecule has 4 rings (SSSR count). The van der Waals surface area contributed by atoms with E-state index in [1.54, 1.807) is 6.92 Å². The van der Waals surface area contributed by atoms with E-state index in [-0.39, 0.29) is 46.6 Å². The molecule has 3 N–H and O–H groups in total. The van der Waals surface area contributed by atoms with Crippen molar-refractivity contribution in [1.82, 2.24) is 16.1 Å². The van der Waals surface area contributed by atoms with E-state index < -0.39 is 58.3 Å². The molecule has 0 saturated carbocycles. The molecule has 1 heterocycles. The first kappa shape index (κ1) is 30.7. The molecule has 0 spiro atoms. The molecule has 0 bridgehead atoms. The second-order valence-corrected chi connectivity index (χ2v) is 9.13. The van der Waals surface area contributed by atoms with Gasteiger partial charge in [-0.1, -0.05) is 30.3 Å². The van der Waals surface area contributed by atoms with E-state index in [2.05, 4.69) is 10.6 Å². The summed E-state index contributed by atoms with van der Waals surface area (Å²) in [6, 6.07) is 8.01. The van der Waals surface area contributed by atoms with Crippen LogP contribution in [-0.4, -0.2) is 31.1 Å². The van der Waals surface area contributed by atoms with Crippen molar-refractivity contribution in [2.24, 2.45) is 0 Å². The maximum Gasteiger partial charge on any atom is 0.428 e. The quantitative estimate of drug-likeness (QED) is 0.298. The van der Waals surface area contributed by atoms with Crippen molar-refractivity contribution in [2.45, 2.75) is 31.1 Å². The van der Waals surface area contributed by atoms with Crippen molar-refractivity contribution in [3.05, 3.63) is 88.5 Å². The standard InChI is InChI=1S/C27H20F9N3O3/c1-2-37-22(40)13-38-23(41)20-8-7-19(17-5-3-4-6-18(17)20)21-12-24(42-39-21,27(34,35)36)14-9-15(25(28,29)30)11-16(10-14)26(31,32)33/h3-12,39H,2,13H2,1H3,(H,37,40)(H,38,41). The summed E-state index contributed by atoms with van der Waals surface area (Å²) in [5.41, 5.74) is -7.47. The number of fused-ring (bicyclic) bond motifs is 1. The summed E-state index contributed by atoms with van der Waals surface area (Å²) >= 11 is 0. The number of benzene rings is 3. The largest absolute Gasteiger partial charge is 0.428 e. The fourth-order valence-corrected chi connectivity index (χ4v) is 4.39. The Balaban J connectivity index is 1.84. The first-order chi connectivity index (χ1) is 19.5. The maximum atomic E-state index is 14.5. The molecule has 0 fully saturated rings. The normalized spacial score (nSPS) is 17.5. The lowest BCUT2D eigenvalue weighted by Gasteiger charge is -2.29. The number of rotatable bonds is 6. The predicted molar refractivity (Wildman–Crippen MR) is 131 cm³/mol. The summed E-state index contributed by atoms with van der Waals surface area (Å²) in [7, 11) is 0. The van der Waals surface area contributed by atoms with E-state index in [1.165, 1.54) is 36.4 Å². The lowest BCUT2D eigenvalue weighted by atomic mass is 9.88. The number of alkyl halides is 9. The van der Waals surface area contributed by atoms with E-state index in [0.717, 1.165) is 0 Å². The zero-order valence-electron chi connectivity index (χ0n) is 21.3. The molecule has 6 nitrogen and oxygen atoms in total. The third-order valence-corrected chi connectivity index (χ3v) is 6.35. The zero-order chi connectivity index (χ0) is 31.1. The van der Waals surface area contributed by atoms with Gasteiger partial charge in [0.1, 0.15) is 0 Å². The molecule has 2 amide bonds. The summed E-state index contributed by atoms with van der Waals surface area (Å²) in [5.74, 6) is -1.14. The minimum absolute atomic E-state index is 0.0000203. The molecule has 3 aromatic carbocycles. The predicted octanol–water partition coefficient (Wildman–Crippen LogP) is 6.08. The fraction of sp³-hybridized carbons (Fsp3) is 0.259. The molecule has 1 aliphatic heterocycles. The van der Waals surface area contributed by atoms with Gasteiger partial charge < -0.3 is 10.6 Å². The molecule has 0 saturated heterocycles. The van der Waals surface area contributed by atoms with Crippen molar-refractivity contribution < 1.29 is 53.9 Å². The third kappa shape index (κ3) is 5.86. The summed E-state index contributed by atoms with van der Waals surface area (Å²) in [4.78, 5) is 29.3. The average Bonchev–Trinajstić information content (AvgIpc) is 3.37. The Bertz CT molecular complexity index is 1530. The van der Waals surface area contributed by atoms with Gasteiger partial charge in [-0.3, -0.25) is 19.9 Å². The number of carbonyl (C=O) groups excluding carboxylic acids is 2. The van der Waals surface area contributed by atoms with E-state index in [9.17, 15) is 49.1 Å². The summed E-state index contributed by atoms with van der Waals surface area (Å²) < 4.78 is 124. The minimum Gasteiger partial charge on any atom is -0.355 e. The van der Waals surface area contributed by atoms with Crippen LogP contribution in [0, 0.1) is 0 Å². The first-order valence-electron chi connectivity index (χ1n) is 12.1. The molecule has 1 aliphatic rings. The molecule has 42 heavy (non-hydrogen) atoms. The van der Waals surface area contributed by atoms with Gasteiger partial charge in [-0.05, 0) is 48.0 Å². The Labute approximate surface area is 231 Å². The highest BCUT2D eigenvalue weighted by atomic mass is 19.4. The number of nitrogens with one attached hydrogen (secondary N) is 3. The Morgan fingerprint density at radius 3 is 1.98 bits per heavy atom. The highest BCUT2D eigenvalue weighted by molar-refractivity contribution is 6.10. The van der Waals surface area contributed by atoms with Crippen LogP contribution < -0.4 is 16.1 Å². The molecule has 0 aliphatic carbocycles. The van der Waals surface area contributed by atoms with Gasteiger partial charge in [0.25, 0.3) is 5.91 Å². The van der Waals surface area contributed by atoms with Crippen molar-refractivity contribution in [1.29, 1.82) is 0 Å². The zero-order valence-corrected chi connectivity index (χ0v) is 21.3. The number of likely N-dealkylation sites (N-methyl/N-ethyl adjacent to an activating group) is 1. The number of hydroxylamine groups is 1. The molecule has 1 atom stereocenters. The highest BCUT2D eigenvalue weighted by Gasteiger charge is 2.60. The van der Waals surface area contributed by atoms with E-state index >= 15 is 0 Å². The Hall–Kier alpha value is -4.27. The van der Waals surface area contributed by atoms with Crippen molar-refractivity contribution in [3.63, 3.8) is 0 Å². The Morgan fingerprint density at radius 2 is 1.43 bits per heavy atom. The van der Waals surface area contributed by atoms with Crippen LogP contribution in [-0.2, 0) is 27.6 Å². The number of halogens is 9. The van der Waals surface area contributed by atoms with Crippen LogP contribution in [0.2, 0.25) is 0 Å². The molecular weight excluding hydrogens is 585 g/mol. The minimum atomic E-state index is -5.52. The van der Waals surface area contributed by atoms with Crippen molar-refractivity contribution >= 4 is 28.3 Å². The van der Waals surface area contributed by atoms with Gasteiger partial charge >= 0.3 is 18.5 Å². The number of hydrogen-bond donors (Lipinski definition) is 3. The molecule has 224 valence electrons. The maximum absolute atomic E-state index is 14.5. The second kappa shape index (κ2) is 10.9.